The minimum Gasteiger partial charge on any atom is -0.369 e. The molecule has 1 amide bonds. The van der Waals surface area contributed by atoms with E-state index in [4.69, 9.17) is 17.3 Å². The van der Waals surface area contributed by atoms with Gasteiger partial charge >= 0.3 is 6.18 Å². The summed E-state index contributed by atoms with van der Waals surface area (Å²) in [5, 5.41) is 2.82. The second-order valence-corrected chi connectivity index (χ2v) is 7.20. The molecule has 25 heavy (non-hydrogen) atoms. The van der Waals surface area contributed by atoms with Crippen LogP contribution >= 0.6 is 23.4 Å². The molecule has 1 aliphatic rings. The van der Waals surface area contributed by atoms with E-state index in [1.807, 2.05) is 0 Å². The van der Waals surface area contributed by atoms with Gasteiger partial charge in [0.2, 0.25) is 5.91 Å². The van der Waals surface area contributed by atoms with Gasteiger partial charge in [0.05, 0.1) is 22.5 Å². The first-order valence-corrected chi connectivity index (χ1v) is 9.41. The van der Waals surface area contributed by atoms with Gasteiger partial charge in [0, 0.05) is 25.0 Å². The minimum absolute atomic E-state index is 0.0228. The summed E-state index contributed by atoms with van der Waals surface area (Å²) in [5.74, 6) is 1.84. The van der Waals surface area contributed by atoms with Crippen LogP contribution in [0.4, 0.5) is 19.0 Å². The van der Waals surface area contributed by atoms with Gasteiger partial charge in [-0.3, -0.25) is 4.79 Å². The Bertz CT molecular complexity index is 597. The molecule has 140 valence electrons. The third-order valence-corrected chi connectivity index (χ3v) is 5.04. The van der Waals surface area contributed by atoms with Crippen molar-refractivity contribution >= 4 is 35.1 Å². The molecule has 1 aromatic heterocycles. The standard InChI is InChI=1S/C15H20ClF3N4OS/c16-11-7-10(15(17,18)19)8-22-13(11)21-4-2-1-3-12(20)14(24)23-5-6-25-9-23/h7-8,12H,1-6,9,20H2,(H,21,22). The van der Waals surface area contributed by atoms with Gasteiger partial charge in [-0.05, 0) is 25.3 Å². The number of carbonyl (C=O) groups is 1. The fourth-order valence-corrected chi connectivity index (χ4v) is 3.55. The molecule has 3 N–H and O–H groups in total. The Morgan fingerprint density at radius 1 is 1.48 bits per heavy atom. The lowest BCUT2D eigenvalue weighted by Gasteiger charge is -2.19. The molecule has 1 atom stereocenters. The first-order valence-electron chi connectivity index (χ1n) is 7.88. The molecule has 0 aliphatic carbocycles. The number of nitrogens with two attached hydrogens (primary N) is 1. The molecule has 5 nitrogen and oxygen atoms in total. The molecule has 0 bridgehead atoms. The zero-order valence-electron chi connectivity index (χ0n) is 13.5. The minimum atomic E-state index is -4.47. The van der Waals surface area contributed by atoms with Gasteiger partial charge in [-0.2, -0.15) is 13.2 Å². The van der Waals surface area contributed by atoms with Crippen LogP contribution in [0.3, 0.4) is 0 Å². The number of pyridine rings is 1. The number of hydrogen-bond donors (Lipinski definition) is 2. The third-order valence-electron chi connectivity index (χ3n) is 3.78. The van der Waals surface area contributed by atoms with Gasteiger partial charge in [0.25, 0.3) is 0 Å². The van der Waals surface area contributed by atoms with E-state index in [0.717, 1.165) is 31.0 Å². The van der Waals surface area contributed by atoms with Crippen molar-refractivity contribution in [3.05, 3.63) is 22.8 Å². The topological polar surface area (TPSA) is 71.2 Å². The molecule has 1 aliphatic heterocycles. The molecule has 1 aromatic rings. The second-order valence-electron chi connectivity index (χ2n) is 5.72. The highest BCUT2D eigenvalue weighted by Crippen LogP contribution is 2.32. The Labute approximate surface area is 153 Å². The first-order chi connectivity index (χ1) is 11.8. The van der Waals surface area contributed by atoms with Gasteiger partial charge in [-0.1, -0.05) is 11.6 Å². The van der Waals surface area contributed by atoms with Crippen molar-refractivity contribution in [1.29, 1.82) is 0 Å². The van der Waals surface area contributed by atoms with E-state index in [2.05, 4.69) is 10.3 Å². The molecule has 0 saturated carbocycles. The van der Waals surface area contributed by atoms with Crippen LogP contribution in [0.1, 0.15) is 24.8 Å². The van der Waals surface area contributed by atoms with Crippen molar-refractivity contribution in [2.75, 3.05) is 30.0 Å². The van der Waals surface area contributed by atoms with Crippen molar-refractivity contribution in [1.82, 2.24) is 9.88 Å². The lowest BCUT2D eigenvalue weighted by Crippen LogP contribution is -2.42. The van der Waals surface area contributed by atoms with E-state index >= 15 is 0 Å². The summed E-state index contributed by atoms with van der Waals surface area (Å²) >= 11 is 7.53. The molecule has 0 radical (unpaired) electrons. The summed E-state index contributed by atoms with van der Waals surface area (Å²) in [6.45, 7) is 1.23. The van der Waals surface area contributed by atoms with Crippen molar-refractivity contribution in [3.8, 4) is 0 Å². The number of nitrogens with zero attached hydrogens (tertiary/aromatic N) is 2. The number of nitrogens with one attached hydrogen (secondary N) is 1. The average molecular weight is 397 g/mol. The van der Waals surface area contributed by atoms with E-state index in [1.54, 1.807) is 16.7 Å². The van der Waals surface area contributed by atoms with Crippen molar-refractivity contribution in [3.63, 3.8) is 0 Å². The molecule has 10 heteroatoms. The van der Waals surface area contributed by atoms with Crippen LogP contribution in [0.15, 0.2) is 12.3 Å². The largest absolute Gasteiger partial charge is 0.417 e. The number of hydrogen-bond acceptors (Lipinski definition) is 5. The molecule has 2 heterocycles. The van der Waals surface area contributed by atoms with E-state index < -0.39 is 17.8 Å². The van der Waals surface area contributed by atoms with Crippen molar-refractivity contribution < 1.29 is 18.0 Å². The number of amides is 1. The molecule has 1 saturated heterocycles. The maximum atomic E-state index is 12.5. The molecule has 0 spiro atoms. The van der Waals surface area contributed by atoms with E-state index in [9.17, 15) is 18.0 Å². The van der Waals surface area contributed by atoms with Crippen LogP contribution in [0.25, 0.3) is 0 Å². The second kappa shape index (κ2) is 8.95. The fourth-order valence-electron chi connectivity index (χ4n) is 2.36. The van der Waals surface area contributed by atoms with Crippen molar-refractivity contribution in [2.45, 2.75) is 31.5 Å². The van der Waals surface area contributed by atoms with Crippen LogP contribution in [-0.4, -0.2) is 46.6 Å². The molecular formula is C15H20ClF3N4OS. The first kappa shape index (κ1) is 20.1. The maximum absolute atomic E-state index is 12.5. The Morgan fingerprint density at radius 2 is 2.24 bits per heavy atom. The highest BCUT2D eigenvalue weighted by atomic mass is 35.5. The molecule has 2 rings (SSSR count). The third kappa shape index (κ3) is 5.93. The van der Waals surface area contributed by atoms with Gasteiger partial charge in [0.15, 0.2) is 0 Å². The maximum Gasteiger partial charge on any atom is 0.417 e. The number of thioether (sulfide) groups is 1. The lowest BCUT2D eigenvalue weighted by molar-refractivity contribution is -0.137. The Balaban J connectivity index is 1.70. The highest BCUT2D eigenvalue weighted by Gasteiger charge is 2.31. The number of halogens is 4. The molecule has 0 aromatic carbocycles. The number of unbranched alkanes of at least 4 members (excludes halogenated alkanes) is 1. The summed E-state index contributed by atoms with van der Waals surface area (Å²) < 4.78 is 37.6. The quantitative estimate of drug-likeness (QED) is 0.692. The number of aromatic nitrogens is 1. The van der Waals surface area contributed by atoms with E-state index in [0.29, 0.717) is 25.3 Å². The van der Waals surface area contributed by atoms with Crippen LogP contribution in [0.5, 0.6) is 0 Å². The van der Waals surface area contributed by atoms with E-state index in [-0.39, 0.29) is 16.7 Å². The van der Waals surface area contributed by atoms with Gasteiger partial charge in [0.1, 0.15) is 5.82 Å². The van der Waals surface area contributed by atoms with Crippen LogP contribution < -0.4 is 11.1 Å². The predicted molar refractivity (Wildman–Crippen MR) is 93.6 cm³/mol. The van der Waals surface area contributed by atoms with Crippen LogP contribution in [-0.2, 0) is 11.0 Å². The Kier molecular flexibility index (Phi) is 7.21. The zero-order chi connectivity index (χ0) is 18.4. The normalized spacial score (nSPS) is 16.1. The monoisotopic (exact) mass is 396 g/mol. The SMILES string of the molecule is NC(CCCCNc1ncc(C(F)(F)F)cc1Cl)C(=O)N1CCSC1. The number of alkyl halides is 3. The summed E-state index contributed by atoms with van der Waals surface area (Å²) in [5.41, 5.74) is 5.03. The number of carbonyl (C=O) groups excluding carboxylic acids is 1. The molecule has 1 fully saturated rings. The smallest absolute Gasteiger partial charge is 0.369 e. The lowest BCUT2D eigenvalue weighted by atomic mass is 10.1. The predicted octanol–water partition coefficient (Wildman–Crippen LogP) is 3.20. The average Bonchev–Trinajstić information content (AvgIpc) is 3.08. The Hall–Kier alpha value is -1.19. The summed E-state index contributed by atoms with van der Waals surface area (Å²) in [7, 11) is 0. The summed E-state index contributed by atoms with van der Waals surface area (Å²) in [6.07, 6.45) is -1.73. The molecular weight excluding hydrogens is 377 g/mol. The van der Waals surface area contributed by atoms with Gasteiger partial charge in [-0.25, -0.2) is 4.98 Å². The van der Waals surface area contributed by atoms with Crippen LogP contribution in [0, 0.1) is 0 Å². The summed E-state index contributed by atoms with van der Waals surface area (Å²) in [6, 6.07) is 0.339. The van der Waals surface area contributed by atoms with E-state index in [1.165, 1.54) is 0 Å². The number of anilines is 1. The fraction of sp³-hybridized carbons (Fsp3) is 0.600. The van der Waals surface area contributed by atoms with Gasteiger partial charge < -0.3 is 16.0 Å². The summed E-state index contributed by atoms with van der Waals surface area (Å²) in [4.78, 5) is 17.5. The Morgan fingerprint density at radius 3 is 2.84 bits per heavy atom. The van der Waals surface area contributed by atoms with Gasteiger partial charge in [-0.15, -0.1) is 11.8 Å². The van der Waals surface area contributed by atoms with Crippen LogP contribution in [0.2, 0.25) is 5.02 Å². The highest BCUT2D eigenvalue weighted by molar-refractivity contribution is 7.99. The number of rotatable bonds is 7. The zero-order valence-corrected chi connectivity index (χ0v) is 15.1. The molecule has 1 unspecified atom stereocenters. The van der Waals surface area contributed by atoms with Crippen molar-refractivity contribution in [2.24, 2.45) is 5.73 Å².